The van der Waals surface area contributed by atoms with E-state index in [-0.39, 0.29) is 11.4 Å². The van der Waals surface area contributed by atoms with E-state index in [0.717, 1.165) is 43.8 Å². The third-order valence-corrected chi connectivity index (χ3v) is 5.31. The number of ether oxygens (including phenoxy) is 1. The van der Waals surface area contributed by atoms with Crippen molar-refractivity contribution >= 4 is 29.2 Å². The summed E-state index contributed by atoms with van der Waals surface area (Å²) >= 11 is 5.87. The minimum Gasteiger partial charge on any atom is -0.505 e. The number of aromatic hydroxyl groups is 1. The Kier molecular flexibility index (Phi) is 7.35. The molecule has 0 aliphatic carbocycles. The average molecular weight is 434 g/mol. The number of nitrogens with one attached hydrogen (secondary N) is 1. The summed E-state index contributed by atoms with van der Waals surface area (Å²) in [7, 11) is 0. The average Bonchev–Trinajstić information content (AvgIpc) is 2.74. The van der Waals surface area contributed by atoms with E-state index in [1.807, 2.05) is 12.1 Å². The van der Waals surface area contributed by atoms with Crippen molar-refractivity contribution < 1.29 is 24.5 Å². The van der Waals surface area contributed by atoms with Crippen molar-refractivity contribution in [3.05, 3.63) is 47.2 Å². The molecule has 0 saturated carbocycles. The Balaban J connectivity index is 1.46. The lowest BCUT2D eigenvalue weighted by molar-refractivity contribution is -0.135. The molecule has 1 saturated heterocycles. The van der Waals surface area contributed by atoms with Gasteiger partial charge in [-0.2, -0.15) is 0 Å². The molecule has 0 bridgehead atoms. The first kappa shape index (κ1) is 21.7. The molecule has 1 aliphatic heterocycles. The van der Waals surface area contributed by atoms with E-state index in [2.05, 4.69) is 15.2 Å². The molecule has 3 rings (SSSR count). The number of hydrogen-bond acceptors (Lipinski definition) is 6. The van der Waals surface area contributed by atoms with Gasteiger partial charge < -0.3 is 25.2 Å². The highest BCUT2D eigenvalue weighted by Gasteiger charge is 2.21. The van der Waals surface area contributed by atoms with Gasteiger partial charge in [-0.25, -0.2) is 4.98 Å². The minimum atomic E-state index is -1.17. The van der Waals surface area contributed by atoms with Crippen LogP contribution in [0.15, 0.2) is 36.5 Å². The second kappa shape index (κ2) is 10.2. The summed E-state index contributed by atoms with van der Waals surface area (Å²) in [5.41, 5.74) is 0.549. The van der Waals surface area contributed by atoms with Crippen LogP contribution in [0.5, 0.6) is 11.5 Å². The normalized spacial score (nSPS) is 14.4. The van der Waals surface area contributed by atoms with E-state index in [1.165, 1.54) is 12.3 Å². The SMILES string of the molecule is O=C(O)CNC(=O)c1ncc(N2CCC(CCOc3ccc(Cl)cc3)CC2)cc1O. The van der Waals surface area contributed by atoms with Crippen molar-refractivity contribution in [1.82, 2.24) is 10.3 Å². The first-order chi connectivity index (χ1) is 14.4. The predicted molar refractivity (Wildman–Crippen MR) is 112 cm³/mol. The molecule has 0 atom stereocenters. The summed E-state index contributed by atoms with van der Waals surface area (Å²) < 4.78 is 5.77. The Morgan fingerprint density at radius 2 is 1.93 bits per heavy atom. The molecule has 0 spiro atoms. The number of amides is 1. The number of halogens is 1. The van der Waals surface area contributed by atoms with Gasteiger partial charge in [-0.15, -0.1) is 0 Å². The van der Waals surface area contributed by atoms with Crippen molar-refractivity contribution in [2.75, 3.05) is 31.1 Å². The largest absolute Gasteiger partial charge is 0.505 e. The van der Waals surface area contributed by atoms with E-state index in [4.69, 9.17) is 21.4 Å². The third-order valence-electron chi connectivity index (χ3n) is 5.06. The lowest BCUT2D eigenvalue weighted by Gasteiger charge is -2.33. The van der Waals surface area contributed by atoms with Gasteiger partial charge in [-0.05, 0) is 49.4 Å². The van der Waals surface area contributed by atoms with E-state index in [9.17, 15) is 14.7 Å². The van der Waals surface area contributed by atoms with Crippen LogP contribution in [-0.2, 0) is 4.79 Å². The van der Waals surface area contributed by atoms with Gasteiger partial charge in [0, 0.05) is 24.2 Å². The van der Waals surface area contributed by atoms with Gasteiger partial charge in [0.1, 0.15) is 18.0 Å². The minimum absolute atomic E-state index is 0.186. The zero-order valence-corrected chi connectivity index (χ0v) is 17.1. The quantitative estimate of drug-likeness (QED) is 0.586. The molecule has 2 aromatic rings. The number of carboxylic acids is 1. The van der Waals surface area contributed by atoms with Gasteiger partial charge in [-0.1, -0.05) is 11.6 Å². The molecule has 1 fully saturated rings. The van der Waals surface area contributed by atoms with Crippen LogP contribution in [0.25, 0.3) is 0 Å². The number of piperidine rings is 1. The van der Waals surface area contributed by atoms with Gasteiger partial charge in [0.05, 0.1) is 18.5 Å². The number of rotatable bonds is 8. The lowest BCUT2D eigenvalue weighted by Crippen LogP contribution is -2.34. The number of anilines is 1. The summed E-state index contributed by atoms with van der Waals surface area (Å²) in [5, 5.41) is 21.6. The molecule has 1 aromatic carbocycles. The molecule has 0 radical (unpaired) electrons. The Hall–Kier alpha value is -3.00. The van der Waals surface area contributed by atoms with Crippen molar-refractivity contribution in [3.63, 3.8) is 0 Å². The molecular weight excluding hydrogens is 410 g/mol. The van der Waals surface area contributed by atoms with E-state index in [0.29, 0.717) is 17.5 Å². The summed E-state index contributed by atoms with van der Waals surface area (Å²) in [6.07, 6.45) is 4.47. The standard InChI is InChI=1S/C21H24ClN3O5/c22-15-1-3-17(4-2-15)30-10-7-14-5-8-25(9-6-14)16-11-18(26)20(23-12-16)21(29)24-13-19(27)28/h1-4,11-12,14,26H,5-10,13H2,(H,24,29)(H,27,28). The maximum Gasteiger partial charge on any atom is 0.322 e. The molecule has 0 unspecified atom stereocenters. The molecule has 1 aromatic heterocycles. The second-order valence-electron chi connectivity index (χ2n) is 7.16. The number of benzene rings is 1. The van der Waals surface area contributed by atoms with Crippen molar-refractivity contribution in [1.29, 1.82) is 0 Å². The van der Waals surface area contributed by atoms with Crippen LogP contribution in [-0.4, -0.2) is 53.3 Å². The lowest BCUT2D eigenvalue weighted by atomic mass is 9.93. The fraction of sp³-hybridized carbons (Fsp3) is 0.381. The van der Waals surface area contributed by atoms with E-state index in [1.54, 1.807) is 12.1 Å². The highest BCUT2D eigenvalue weighted by molar-refractivity contribution is 6.30. The number of aliphatic carboxylic acids is 1. The van der Waals surface area contributed by atoms with Crippen LogP contribution in [0, 0.1) is 5.92 Å². The second-order valence-corrected chi connectivity index (χ2v) is 7.60. The number of carbonyl (C=O) groups excluding carboxylic acids is 1. The summed E-state index contributed by atoms with van der Waals surface area (Å²) in [5.74, 6) is -0.794. The third kappa shape index (κ3) is 6.00. The highest BCUT2D eigenvalue weighted by atomic mass is 35.5. The molecule has 1 amide bonds. The summed E-state index contributed by atoms with van der Waals surface area (Å²) in [4.78, 5) is 28.6. The van der Waals surface area contributed by atoms with Crippen molar-refractivity contribution in [2.24, 2.45) is 5.92 Å². The predicted octanol–water partition coefficient (Wildman–Crippen LogP) is 2.94. The molecule has 1 aliphatic rings. The zero-order chi connectivity index (χ0) is 21.5. The molecule has 160 valence electrons. The maximum absolute atomic E-state index is 11.9. The van der Waals surface area contributed by atoms with Crippen molar-refractivity contribution in [2.45, 2.75) is 19.3 Å². The van der Waals surface area contributed by atoms with E-state index < -0.39 is 18.4 Å². The molecule has 30 heavy (non-hydrogen) atoms. The number of hydrogen-bond donors (Lipinski definition) is 3. The summed E-state index contributed by atoms with van der Waals surface area (Å²) in [6, 6.07) is 8.82. The molecule has 3 N–H and O–H groups in total. The number of aromatic nitrogens is 1. The van der Waals surface area contributed by atoms with Crippen LogP contribution in [0.3, 0.4) is 0 Å². The smallest absolute Gasteiger partial charge is 0.322 e. The summed E-state index contributed by atoms with van der Waals surface area (Å²) in [6.45, 7) is 1.75. The van der Waals surface area contributed by atoms with Crippen LogP contribution in [0.4, 0.5) is 5.69 Å². The zero-order valence-electron chi connectivity index (χ0n) is 16.4. The van der Waals surface area contributed by atoms with Crippen LogP contribution in [0.1, 0.15) is 29.8 Å². The van der Waals surface area contributed by atoms with Crippen molar-refractivity contribution in [3.8, 4) is 11.5 Å². The van der Waals surface area contributed by atoms with Gasteiger partial charge in [-0.3, -0.25) is 9.59 Å². The number of nitrogens with zero attached hydrogens (tertiary/aromatic N) is 2. The highest BCUT2D eigenvalue weighted by Crippen LogP contribution is 2.28. The topological polar surface area (TPSA) is 112 Å². The fourth-order valence-corrected chi connectivity index (χ4v) is 3.51. The molecule has 8 nitrogen and oxygen atoms in total. The van der Waals surface area contributed by atoms with Crippen LogP contribution < -0.4 is 15.0 Å². The number of carboxylic acid groups (broad SMARTS) is 1. The molecular formula is C21H24ClN3O5. The van der Waals surface area contributed by atoms with Crippen LogP contribution in [0.2, 0.25) is 5.02 Å². The molecule has 2 heterocycles. The van der Waals surface area contributed by atoms with Gasteiger partial charge in [0.2, 0.25) is 0 Å². The van der Waals surface area contributed by atoms with Crippen LogP contribution >= 0.6 is 11.6 Å². The first-order valence-corrected chi connectivity index (χ1v) is 10.1. The Morgan fingerprint density at radius 3 is 2.57 bits per heavy atom. The van der Waals surface area contributed by atoms with Gasteiger partial charge in [0.25, 0.3) is 5.91 Å². The monoisotopic (exact) mass is 433 g/mol. The number of pyridine rings is 1. The Morgan fingerprint density at radius 1 is 1.23 bits per heavy atom. The molecule has 9 heteroatoms. The van der Waals surface area contributed by atoms with E-state index >= 15 is 0 Å². The first-order valence-electron chi connectivity index (χ1n) is 9.74. The Labute approximate surface area is 179 Å². The number of carbonyl (C=O) groups is 2. The van der Waals surface area contributed by atoms with Gasteiger partial charge in [0.15, 0.2) is 5.69 Å². The fourth-order valence-electron chi connectivity index (χ4n) is 3.38. The maximum atomic E-state index is 11.9. The van der Waals surface area contributed by atoms with Gasteiger partial charge >= 0.3 is 5.97 Å². The Bertz CT molecular complexity index is 883.